The molecular formula is C7H12N2O3. The normalized spacial score (nSPS) is 23.7. The summed E-state index contributed by atoms with van der Waals surface area (Å²) in [7, 11) is 0. The highest BCUT2D eigenvalue weighted by Crippen LogP contribution is 2.15. The van der Waals surface area contributed by atoms with Gasteiger partial charge in [-0.25, -0.2) is 4.79 Å². The van der Waals surface area contributed by atoms with Gasteiger partial charge in [-0.1, -0.05) is 13.8 Å². The lowest BCUT2D eigenvalue weighted by Crippen LogP contribution is -2.39. The molecule has 1 aliphatic rings. The number of carbonyl (C=O) groups excluding carboxylic acids is 2. The van der Waals surface area contributed by atoms with Gasteiger partial charge in [0.05, 0.1) is 0 Å². The van der Waals surface area contributed by atoms with Crippen LogP contribution < -0.4 is 5.32 Å². The Labute approximate surface area is 70.4 Å². The second-order valence-corrected chi connectivity index (χ2v) is 3.09. The SMILES string of the molecule is CC(C)C1C(=O)NC(=O)N1CO. The van der Waals surface area contributed by atoms with Crippen LogP contribution in [0.3, 0.4) is 0 Å². The molecule has 0 bridgehead atoms. The van der Waals surface area contributed by atoms with Crippen LogP contribution >= 0.6 is 0 Å². The van der Waals surface area contributed by atoms with Crippen molar-refractivity contribution in [3.63, 3.8) is 0 Å². The maximum Gasteiger partial charge on any atom is 0.326 e. The maximum absolute atomic E-state index is 11.1. The molecule has 5 heteroatoms. The van der Waals surface area contributed by atoms with Crippen LogP contribution in [0.15, 0.2) is 0 Å². The predicted octanol–water partition coefficient (Wildman–Crippen LogP) is -0.487. The molecule has 12 heavy (non-hydrogen) atoms. The van der Waals surface area contributed by atoms with Crippen LogP contribution in [0, 0.1) is 5.92 Å². The fourth-order valence-electron chi connectivity index (χ4n) is 1.33. The number of imide groups is 1. The zero-order valence-electron chi connectivity index (χ0n) is 7.07. The molecule has 1 fully saturated rings. The van der Waals surface area contributed by atoms with E-state index in [1.807, 2.05) is 13.8 Å². The molecule has 0 radical (unpaired) electrons. The Hall–Kier alpha value is -1.10. The summed E-state index contributed by atoms with van der Waals surface area (Å²) in [6, 6.07) is -1.04. The topological polar surface area (TPSA) is 69.6 Å². The molecule has 5 nitrogen and oxygen atoms in total. The van der Waals surface area contributed by atoms with Gasteiger partial charge in [0.2, 0.25) is 0 Å². The standard InChI is InChI=1S/C7H12N2O3/c1-4(2)5-6(11)8-7(12)9(5)3-10/h4-5,10H,3H2,1-2H3,(H,8,11,12). The Morgan fingerprint density at radius 1 is 1.58 bits per heavy atom. The van der Waals surface area contributed by atoms with Gasteiger partial charge < -0.3 is 5.11 Å². The van der Waals surface area contributed by atoms with Crippen molar-refractivity contribution in [1.29, 1.82) is 0 Å². The summed E-state index contributed by atoms with van der Waals surface area (Å²) >= 11 is 0. The van der Waals surface area contributed by atoms with Crippen molar-refractivity contribution in [3.05, 3.63) is 0 Å². The summed E-state index contributed by atoms with van der Waals surface area (Å²) < 4.78 is 0. The molecule has 1 rings (SSSR count). The van der Waals surface area contributed by atoms with Crippen LogP contribution in [0.2, 0.25) is 0 Å². The van der Waals surface area contributed by atoms with Gasteiger partial charge in [0.15, 0.2) is 0 Å². The Kier molecular flexibility index (Phi) is 2.32. The number of aliphatic hydroxyl groups excluding tert-OH is 1. The van der Waals surface area contributed by atoms with Crippen molar-refractivity contribution in [1.82, 2.24) is 10.2 Å². The van der Waals surface area contributed by atoms with Crippen molar-refractivity contribution in [2.24, 2.45) is 5.92 Å². The Morgan fingerprint density at radius 3 is 2.50 bits per heavy atom. The van der Waals surface area contributed by atoms with Crippen molar-refractivity contribution >= 4 is 11.9 Å². The van der Waals surface area contributed by atoms with Crippen molar-refractivity contribution in [3.8, 4) is 0 Å². The van der Waals surface area contributed by atoms with E-state index in [1.54, 1.807) is 0 Å². The molecule has 0 saturated carbocycles. The van der Waals surface area contributed by atoms with Gasteiger partial charge in [0.25, 0.3) is 5.91 Å². The number of rotatable bonds is 2. The molecule has 0 spiro atoms. The Morgan fingerprint density at radius 2 is 2.17 bits per heavy atom. The summed E-state index contributed by atoms with van der Waals surface area (Å²) in [6.45, 7) is 3.23. The van der Waals surface area contributed by atoms with Gasteiger partial charge in [-0.2, -0.15) is 0 Å². The van der Waals surface area contributed by atoms with E-state index in [0.29, 0.717) is 0 Å². The smallest absolute Gasteiger partial charge is 0.326 e. The van der Waals surface area contributed by atoms with Gasteiger partial charge in [-0.15, -0.1) is 0 Å². The number of urea groups is 1. The number of hydrogen-bond acceptors (Lipinski definition) is 3. The number of carbonyl (C=O) groups is 2. The van der Waals surface area contributed by atoms with E-state index < -0.39 is 18.8 Å². The number of nitrogens with zero attached hydrogens (tertiary/aromatic N) is 1. The van der Waals surface area contributed by atoms with Crippen LogP contribution in [-0.4, -0.2) is 34.7 Å². The van der Waals surface area contributed by atoms with Crippen LogP contribution in [0.5, 0.6) is 0 Å². The predicted molar refractivity (Wildman–Crippen MR) is 41.1 cm³/mol. The molecule has 1 unspecified atom stereocenters. The third kappa shape index (κ3) is 1.27. The zero-order valence-corrected chi connectivity index (χ0v) is 7.07. The molecule has 0 aromatic carbocycles. The lowest BCUT2D eigenvalue weighted by atomic mass is 10.0. The van der Waals surface area contributed by atoms with Crippen molar-refractivity contribution in [2.75, 3.05) is 6.73 Å². The Balaban J connectivity index is 2.82. The lowest BCUT2D eigenvalue weighted by Gasteiger charge is -2.21. The monoisotopic (exact) mass is 172 g/mol. The second kappa shape index (κ2) is 3.10. The third-order valence-electron chi connectivity index (χ3n) is 1.88. The van der Waals surface area contributed by atoms with Crippen LogP contribution in [0.1, 0.15) is 13.8 Å². The average Bonchev–Trinajstić information content (AvgIpc) is 2.24. The zero-order chi connectivity index (χ0) is 9.30. The number of hydrogen-bond donors (Lipinski definition) is 2. The molecule has 3 amide bonds. The molecule has 1 atom stereocenters. The molecular weight excluding hydrogens is 160 g/mol. The van der Waals surface area contributed by atoms with E-state index in [4.69, 9.17) is 5.11 Å². The third-order valence-corrected chi connectivity index (χ3v) is 1.88. The van der Waals surface area contributed by atoms with E-state index in [0.717, 1.165) is 4.90 Å². The number of aliphatic hydroxyl groups is 1. The van der Waals surface area contributed by atoms with E-state index in [-0.39, 0.29) is 11.8 Å². The summed E-state index contributed by atoms with van der Waals surface area (Å²) in [6.07, 6.45) is 0. The van der Waals surface area contributed by atoms with E-state index >= 15 is 0 Å². The first-order valence-corrected chi connectivity index (χ1v) is 3.80. The minimum atomic E-state index is -0.525. The highest BCUT2D eigenvalue weighted by molar-refractivity contribution is 6.04. The summed E-state index contributed by atoms with van der Waals surface area (Å²) in [5.74, 6) is -0.312. The molecule has 0 aromatic rings. The van der Waals surface area contributed by atoms with E-state index in [2.05, 4.69) is 5.32 Å². The highest BCUT2D eigenvalue weighted by Gasteiger charge is 2.39. The lowest BCUT2D eigenvalue weighted by molar-refractivity contribution is -0.123. The van der Waals surface area contributed by atoms with Gasteiger partial charge >= 0.3 is 6.03 Å². The molecule has 1 saturated heterocycles. The first kappa shape index (κ1) is 8.99. The summed E-state index contributed by atoms with van der Waals surface area (Å²) in [5, 5.41) is 10.9. The first-order valence-electron chi connectivity index (χ1n) is 3.80. The highest BCUT2D eigenvalue weighted by atomic mass is 16.3. The van der Waals surface area contributed by atoms with Crippen LogP contribution in [-0.2, 0) is 4.79 Å². The molecule has 68 valence electrons. The fraction of sp³-hybridized carbons (Fsp3) is 0.714. The van der Waals surface area contributed by atoms with Crippen LogP contribution in [0.25, 0.3) is 0 Å². The van der Waals surface area contributed by atoms with Crippen LogP contribution in [0.4, 0.5) is 4.79 Å². The molecule has 1 heterocycles. The van der Waals surface area contributed by atoms with Gasteiger partial charge in [-0.3, -0.25) is 15.0 Å². The second-order valence-electron chi connectivity index (χ2n) is 3.09. The van der Waals surface area contributed by atoms with Gasteiger partial charge in [-0.05, 0) is 5.92 Å². The fourth-order valence-corrected chi connectivity index (χ4v) is 1.33. The first-order chi connectivity index (χ1) is 5.57. The number of nitrogens with one attached hydrogen (secondary N) is 1. The maximum atomic E-state index is 11.1. The molecule has 0 aliphatic carbocycles. The van der Waals surface area contributed by atoms with Crippen molar-refractivity contribution in [2.45, 2.75) is 19.9 Å². The average molecular weight is 172 g/mol. The quantitative estimate of drug-likeness (QED) is 0.552. The van der Waals surface area contributed by atoms with E-state index in [9.17, 15) is 9.59 Å². The minimum absolute atomic E-state index is 0.0172. The Bertz CT molecular complexity index is 215. The van der Waals surface area contributed by atoms with Gasteiger partial charge in [0, 0.05) is 0 Å². The number of amides is 3. The summed E-state index contributed by atoms with van der Waals surface area (Å²) in [5.41, 5.74) is 0. The minimum Gasteiger partial charge on any atom is -0.376 e. The molecule has 2 N–H and O–H groups in total. The largest absolute Gasteiger partial charge is 0.376 e. The summed E-state index contributed by atoms with van der Waals surface area (Å²) in [4.78, 5) is 23.2. The van der Waals surface area contributed by atoms with E-state index in [1.165, 1.54) is 0 Å². The van der Waals surface area contributed by atoms with Gasteiger partial charge in [0.1, 0.15) is 12.8 Å². The van der Waals surface area contributed by atoms with Crippen molar-refractivity contribution < 1.29 is 14.7 Å². The molecule has 0 aromatic heterocycles. The molecule has 1 aliphatic heterocycles.